The summed E-state index contributed by atoms with van der Waals surface area (Å²) in [6, 6.07) is 39.7. The number of imidazole rings is 2. The highest BCUT2D eigenvalue weighted by atomic mass is 16.1. The topological polar surface area (TPSA) is 56.0 Å². The highest BCUT2D eigenvalue weighted by molar-refractivity contribution is 5.74. The maximum absolute atomic E-state index is 11.3. The van der Waals surface area contributed by atoms with Gasteiger partial charge in [-0.2, -0.15) is 0 Å². The average molecular weight is 566 g/mol. The van der Waals surface area contributed by atoms with Crippen molar-refractivity contribution in [2.45, 2.75) is 31.6 Å². The monoisotopic (exact) mass is 565 g/mol. The number of aromatic nitrogens is 4. The number of hydrogen-bond donors (Lipinski definition) is 0. The summed E-state index contributed by atoms with van der Waals surface area (Å²) in [5.41, 5.74) is 4.58. The van der Waals surface area contributed by atoms with Crippen LogP contribution in [0.25, 0.3) is 0 Å². The number of benzene rings is 4. The molecule has 0 aliphatic carbocycles. The molecular weight excluding hydrogens is 530 g/mol. The van der Waals surface area contributed by atoms with Gasteiger partial charge in [-0.05, 0) is 29.2 Å². The highest BCUT2D eigenvalue weighted by Gasteiger charge is 2.40. The molecule has 0 aliphatic heterocycles. The van der Waals surface area contributed by atoms with Gasteiger partial charge in [0.15, 0.2) is 0 Å². The number of aldehydes is 1. The molecular formula is C37H35N5O. The fraction of sp³-hybridized carbons (Fsp3) is 0.162. The van der Waals surface area contributed by atoms with Crippen LogP contribution in [0.2, 0.25) is 0 Å². The third-order valence-corrected chi connectivity index (χ3v) is 8.29. The Kier molecular flexibility index (Phi) is 8.11. The molecule has 6 heteroatoms. The standard InChI is InChI=1S/C37H35N5O/c1-29(41(27-35-38-22-24-40(35)2)26-30-18-20-31(28-43)21-19-30)36-39-23-25-42(36)37(32-12-6-3-7-13-32,33-14-8-4-9-15-33)34-16-10-5-11-17-34/h3-25,28-29H,26-27H2,1-2H3. The molecule has 0 amide bonds. The molecule has 43 heavy (non-hydrogen) atoms. The molecule has 0 bridgehead atoms. The van der Waals surface area contributed by atoms with Crippen LogP contribution in [-0.2, 0) is 25.7 Å². The van der Waals surface area contributed by atoms with Crippen molar-refractivity contribution >= 4 is 6.29 Å². The fourth-order valence-corrected chi connectivity index (χ4v) is 6.02. The van der Waals surface area contributed by atoms with E-state index < -0.39 is 5.54 Å². The van der Waals surface area contributed by atoms with Gasteiger partial charge in [-0.3, -0.25) is 9.69 Å². The zero-order valence-electron chi connectivity index (χ0n) is 24.5. The van der Waals surface area contributed by atoms with Gasteiger partial charge in [-0.1, -0.05) is 115 Å². The lowest BCUT2D eigenvalue weighted by molar-refractivity contribution is 0.112. The lowest BCUT2D eigenvalue weighted by Gasteiger charge is -2.40. The Labute approximate surface area is 252 Å². The third kappa shape index (κ3) is 5.45. The van der Waals surface area contributed by atoms with E-state index in [9.17, 15) is 4.79 Å². The molecule has 0 spiro atoms. The van der Waals surface area contributed by atoms with Crippen molar-refractivity contribution in [1.82, 2.24) is 24.0 Å². The zero-order valence-corrected chi connectivity index (χ0v) is 24.5. The summed E-state index contributed by atoms with van der Waals surface area (Å²) in [6.45, 7) is 3.50. The maximum atomic E-state index is 11.3. The Morgan fingerprint density at radius 3 is 1.74 bits per heavy atom. The summed E-state index contributed by atoms with van der Waals surface area (Å²) in [7, 11) is 2.02. The first kappa shape index (κ1) is 28.1. The van der Waals surface area contributed by atoms with Crippen LogP contribution in [0, 0.1) is 0 Å². The van der Waals surface area contributed by atoms with E-state index >= 15 is 0 Å². The van der Waals surface area contributed by atoms with Crippen LogP contribution in [0.4, 0.5) is 0 Å². The van der Waals surface area contributed by atoms with Crippen LogP contribution in [0.3, 0.4) is 0 Å². The molecule has 6 rings (SSSR count). The molecule has 1 unspecified atom stereocenters. The molecule has 0 N–H and O–H groups in total. The molecule has 0 aliphatic rings. The Bertz CT molecular complexity index is 1660. The van der Waals surface area contributed by atoms with Crippen LogP contribution >= 0.6 is 0 Å². The van der Waals surface area contributed by atoms with Gasteiger partial charge in [0.25, 0.3) is 0 Å². The minimum absolute atomic E-state index is 0.0899. The van der Waals surface area contributed by atoms with Gasteiger partial charge >= 0.3 is 0 Å². The van der Waals surface area contributed by atoms with Gasteiger partial charge < -0.3 is 9.13 Å². The zero-order chi connectivity index (χ0) is 29.6. The molecule has 6 aromatic rings. The van der Waals surface area contributed by atoms with Crippen LogP contribution < -0.4 is 0 Å². The second-order valence-corrected chi connectivity index (χ2v) is 10.9. The second-order valence-electron chi connectivity index (χ2n) is 10.9. The van der Waals surface area contributed by atoms with E-state index in [1.54, 1.807) is 0 Å². The van der Waals surface area contributed by atoms with Gasteiger partial charge in [0, 0.05) is 43.9 Å². The predicted octanol–water partition coefficient (Wildman–Crippen LogP) is 7.03. The second kappa shape index (κ2) is 12.4. The summed E-state index contributed by atoms with van der Waals surface area (Å²) >= 11 is 0. The number of carbonyl (C=O) groups excluding carboxylic acids is 1. The highest BCUT2D eigenvalue weighted by Crippen LogP contribution is 2.43. The summed E-state index contributed by atoms with van der Waals surface area (Å²) in [5.74, 6) is 1.91. The summed E-state index contributed by atoms with van der Waals surface area (Å²) in [6.07, 6.45) is 8.71. The van der Waals surface area contributed by atoms with E-state index in [0.717, 1.165) is 40.2 Å². The summed E-state index contributed by atoms with van der Waals surface area (Å²) < 4.78 is 4.41. The molecule has 0 fully saturated rings. The van der Waals surface area contributed by atoms with E-state index in [4.69, 9.17) is 4.98 Å². The van der Waals surface area contributed by atoms with Gasteiger partial charge in [-0.15, -0.1) is 0 Å². The van der Waals surface area contributed by atoms with Gasteiger partial charge in [0.1, 0.15) is 23.5 Å². The van der Waals surface area contributed by atoms with Crippen molar-refractivity contribution < 1.29 is 4.79 Å². The first-order valence-electron chi connectivity index (χ1n) is 14.6. The molecule has 0 saturated heterocycles. The van der Waals surface area contributed by atoms with Crippen molar-refractivity contribution in [3.63, 3.8) is 0 Å². The number of rotatable bonds is 11. The van der Waals surface area contributed by atoms with Crippen LogP contribution in [0.1, 0.15) is 57.2 Å². The van der Waals surface area contributed by atoms with Crippen molar-refractivity contribution in [3.05, 3.63) is 180 Å². The SMILES string of the molecule is CC(c1nccn1C(c1ccccc1)(c1ccccc1)c1ccccc1)N(Cc1ccc(C=O)cc1)Cc1nccn1C. The average Bonchev–Trinajstić information content (AvgIpc) is 3.72. The fourth-order valence-electron chi connectivity index (χ4n) is 6.02. The van der Waals surface area contributed by atoms with Gasteiger partial charge in [0.05, 0.1) is 12.6 Å². The van der Waals surface area contributed by atoms with Crippen LogP contribution in [-0.4, -0.2) is 30.3 Å². The molecule has 2 aromatic heterocycles. The van der Waals surface area contributed by atoms with E-state index in [1.807, 2.05) is 49.9 Å². The smallest absolute Gasteiger partial charge is 0.150 e. The summed E-state index contributed by atoms with van der Waals surface area (Å²) in [4.78, 5) is 23.4. The number of aryl methyl sites for hydroxylation is 1. The molecule has 0 radical (unpaired) electrons. The van der Waals surface area contributed by atoms with Crippen molar-refractivity contribution in [1.29, 1.82) is 0 Å². The predicted molar refractivity (Wildman–Crippen MR) is 170 cm³/mol. The van der Waals surface area contributed by atoms with Gasteiger partial charge in [-0.25, -0.2) is 9.97 Å². The number of carbonyl (C=O) groups is 1. The van der Waals surface area contributed by atoms with Crippen LogP contribution in [0.15, 0.2) is 140 Å². The number of nitrogens with zero attached hydrogens (tertiary/aromatic N) is 5. The molecule has 1 atom stereocenters. The Hall–Kier alpha value is -5.07. The quantitative estimate of drug-likeness (QED) is 0.125. The Balaban J connectivity index is 1.52. The van der Waals surface area contributed by atoms with Gasteiger partial charge in [0.2, 0.25) is 0 Å². The first-order chi connectivity index (χ1) is 21.1. The molecule has 0 saturated carbocycles. The third-order valence-electron chi connectivity index (χ3n) is 8.29. The largest absolute Gasteiger partial charge is 0.337 e. The van der Waals surface area contributed by atoms with Crippen molar-refractivity contribution in [2.75, 3.05) is 0 Å². The normalized spacial score (nSPS) is 12.3. The van der Waals surface area contributed by atoms with E-state index in [-0.39, 0.29) is 6.04 Å². The number of hydrogen-bond acceptors (Lipinski definition) is 4. The molecule has 6 nitrogen and oxygen atoms in total. The summed E-state index contributed by atoms with van der Waals surface area (Å²) in [5, 5.41) is 0. The van der Waals surface area contributed by atoms with Crippen LogP contribution in [0.5, 0.6) is 0 Å². The molecule has 2 heterocycles. The Morgan fingerprint density at radius 1 is 0.721 bits per heavy atom. The minimum atomic E-state index is -0.662. The lowest BCUT2D eigenvalue weighted by Crippen LogP contribution is -2.40. The molecule has 4 aromatic carbocycles. The minimum Gasteiger partial charge on any atom is -0.337 e. The first-order valence-corrected chi connectivity index (χ1v) is 14.6. The van der Waals surface area contributed by atoms with E-state index in [0.29, 0.717) is 18.7 Å². The lowest BCUT2D eigenvalue weighted by atomic mass is 9.76. The van der Waals surface area contributed by atoms with Crippen molar-refractivity contribution in [2.24, 2.45) is 7.05 Å². The van der Waals surface area contributed by atoms with Crippen molar-refractivity contribution in [3.8, 4) is 0 Å². The Morgan fingerprint density at radius 2 is 1.26 bits per heavy atom. The molecule has 214 valence electrons. The van der Waals surface area contributed by atoms with E-state index in [1.165, 1.54) is 0 Å². The maximum Gasteiger partial charge on any atom is 0.150 e. The van der Waals surface area contributed by atoms with E-state index in [2.05, 4.69) is 123 Å².